The van der Waals surface area contributed by atoms with Crippen LogP contribution in [0.5, 0.6) is 0 Å². The molecule has 2 fully saturated rings. The van der Waals surface area contributed by atoms with Gasteiger partial charge in [-0.25, -0.2) is 0 Å². The van der Waals surface area contributed by atoms with Gasteiger partial charge in [-0.05, 0) is 79.2 Å². The summed E-state index contributed by atoms with van der Waals surface area (Å²) in [6.45, 7) is 3.34. The van der Waals surface area contributed by atoms with Gasteiger partial charge in [0, 0.05) is 25.0 Å². The number of amides is 1. The predicted molar refractivity (Wildman–Crippen MR) is 106 cm³/mol. The van der Waals surface area contributed by atoms with Crippen molar-refractivity contribution < 1.29 is 4.79 Å². The number of aromatic nitrogens is 1. The van der Waals surface area contributed by atoms with Crippen molar-refractivity contribution >= 4 is 17.2 Å². The Morgan fingerprint density at radius 2 is 2.04 bits per heavy atom. The Hall–Kier alpha value is -1.59. The first-order valence-corrected chi connectivity index (χ1v) is 10.9. The average molecular weight is 372 g/mol. The zero-order chi connectivity index (χ0) is 17.8. The molecule has 3 atom stereocenters. The van der Waals surface area contributed by atoms with Crippen molar-refractivity contribution in [2.45, 2.75) is 50.6 Å². The van der Waals surface area contributed by atoms with Gasteiger partial charge in [0.2, 0.25) is 5.91 Å². The topological polar surface area (TPSA) is 37.3 Å². The van der Waals surface area contributed by atoms with Crippen LogP contribution in [0.4, 0.5) is 0 Å². The molecular weight excluding hydrogens is 342 g/mol. The first-order valence-electron chi connectivity index (χ1n) is 9.96. The van der Waals surface area contributed by atoms with Crippen molar-refractivity contribution in [1.82, 2.24) is 14.8 Å². The van der Waals surface area contributed by atoms with Crippen LogP contribution in [0, 0.1) is 5.92 Å². The maximum atomic E-state index is 12.7. The van der Waals surface area contributed by atoms with Crippen LogP contribution in [0.25, 0.3) is 0 Å². The summed E-state index contributed by atoms with van der Waals surface area (Å²) in [5.74, 6) is 0.794. The average Bonchev–Trinajstić information content (AvgIpc) is 3.38. The zero-order valence-electron chi connectivity index (χ0n) is 15.3. The Kier molecular flexibility index (Phi) is 5.75. The summed E-state index contributed by atoms with van der Waals surface area (Å²) in [7, 11) is 0. The normalized spacial score (nSPS) is 24.8. The predicted octanol–water partition coefficient (Wildman–Crippen LogP) is 3.91. The third-order valence-corrected chi connectivity index (χ3v) is 6.79. The molecule has 1 N–H and O–H groups in total. The molecule has 0 aliphatic carbocycles. The lowest BCUT2D eigenvalue weighted by Crippen LogP contribution is -2.51. The van der Waals surface area contributed by atoms with Crippen molar-refractivity contribution in [3.63, 3.8) is 0 Å². The number of nitrogens with one attached hydrogen (secondary N) is 1. The van der Waals surface area contributed by atoms with Gasteiger partial charge < -0.3 is 14.8 Å². The van der Waals surface area contributed by atoms with Gasteiger partial charge in [-0.1, -0.05) is 6.42 Å². The Labute approximate surface area is 160 Å². The van der Waals surface area contributed by atoms with Gasteiger partial charge in [-0.3, -0.25) is 4.79 Å². The van der Waals surface area contributed by atoms with E-state index < -0.39 is 0 Å². The molecule has 2 aliphatic rings. The van der Waals surface area contributed by atoms with Gasteiger partial charge in [-0.2, -0.15) is 11.3 Å². The molecule has 2 aliphatic heterocycles. The molecule has 5 heteroatoms. The van der Waals surface area contributed by atoms with E-state index in [0.717, 1.165) is 6.54 Å². The van der Waals surface area contributed by atoms with Gasteiger partial charge in [0.15, 0.2) is 0 Å². The van der Waals surface area contributed by atoms with Crippen LogP contribution in [0.2, 0.25) is 0 Å². The highest BCUT2D eigenvalue weighted by atomic mass is 32.1. The Bertz CT molecular complexity index is 646. The number of piperidine rings is 2. The number of thiophene rings is 1. The summed E-state index contributed by atoms with van der Waals surface area (Å²) >= 11 is 1.69. The molecule has 0 spiro atoms. The maximum Gasteiger partial charge on any atom is 0.222 e. The SMILES string of the molecule is O=C(CC(c1ccsc1)n1cccc1)NC[C@@H]1CCCN2CCCC[C@H]12. The maximum absolute atomic E-state index is 12.7. The van der Waals surface area contributed by atoms with E-state index in [-0.39, 0.29) is 11.9 Å². The number of hydrogen-bond donors (Lipinski definition) is 1. The lowest BCUT2D eigenvalue weighted by Gasteiger charge is -2.44. The molecule has 2 saturated heterocycles. The van der Waals surface area contributed by atoms with Crippen molar-refractivity contribution in [2.75, 3.05) is 19.6 Å². The molecular formula is C21H29N3OS. The van der Waals surface area contributed by atoms with Crippen molar-refractivity contribution in [3.8, 4) is 0 Å². The number of carbonyl (C=O) groups is 1. The number of nitrogens with zero attached hydrogens (tertiary/aromatic N) is 2. The van der Waals surface area contributed by atoms with E-state index in [0.29, 0.717) is 18.4 Å². The summed E-state index contributed by atoms with van der Waals surface area (Å²) in [4.78, 5) is 15.4. The molecule has 1 amide bonds. The van der Waals surface area contributed by atoms with Gasteiger partial charge >= 0.3 is 0 Å². The van der Waals surface area contributed by atoms with Crippen molar-refractivity contribution in [3.05, 3.63) is 46.9 Å². The molecule has 0 radical (unpaired) electrons. The summed E-state index contributed by atoms with van der Waals surface area (Å²) in [5.41, 5.74) is 1.22. The fourth-order valence-electron chi connectivity index (χ4n) is 4.72. The lowest BCUT2D eigenvalue weighted by molar-refractivity contribution is -0.122. The minimum absolute atomic E-state index is 0.0915. The summed E-state index contributed by atoms with van der Waals surface area (Å²) in [6, 6.07) is 6.96. The molecule has 0 saturated carbocycles. The molecule has 140 valence electrons. The monoisotopic (exact) mass is 371 g/mol. The number of hydrogen-bond acceptors (Lipinski definition) is 3. The fraction of sp³-hybridized carbons (Fsp3) is 0.571. The standard InChI is InChI=1S/C21H29N3OS/c25-21(14-20(18-8-13-26-16-18)24-10-3-4-11-24)22-15-17-6-5-12-23-9-2-1-7-19(17)23/h3-4,8,10-11,13,16-17,19-20H,1-2,5-7,9,12,14-15H2,(H,22,25)/t17-,19+,20?/m0/s1. The first-order chi connectivity index (χ1) is 12.8. The highest BCUT2D eigenvalue weighted by molar-refractivity contribution is 7.08. The minimum atomic E-state index is 0.0915. The van der Waals surface area contributed by atoms with Gasteiger partial charge in [0.25, 0.3) is 0 Å². The van der Waals surface area contributed by atoms with Crippen LogP contribution >= 0.6 is 11.3 Å². The zero-order valence-corrected chi connectivity index (χ0v) is 16.2. The second-order valence-electron chi connectivity index (χ2n) is 7.71. The number of rotatable bonds is 6. The molecule has 0 aromatic carbocycles. The molecule has 4 rings (SSSR count). The van der Waals surface area contributed by atoms with Crippen LogP contribution in [0.1, 0.15) is 50.1 Å². The molecule has 1 unspecified atom stereocenters. The highest BCUT2D eigenvalue weighted by Gasteiger charge is 2.33. The number of carbonyl (C=O) groups excluding carboxylic acids is 1. The molecule has 26 heavy (non-hydrogen) atoms. The van der Waals surface area contributed by atoms with Crippen molar-refractivity contribution in [2.24, 2.45) is 5.92 Å². The summed E-state index contributed by atoms with van der Waals surface area (Å²) in [5, 5.41) is 7.50. The molecule has 2 aromatic heterocycles. The minimum Gasteiger partial charge on any atom is -0.356 e. The first kappa shape index (κ1) is 17.8. The van der Waals surface area contributed by atoms with E-state index in [9.17, 15) is 4.79 Å². The van der Waals surface area contributed by atoms with Crippen molar-refractivity contribution in [1.29, 1.82) is 0 Å². The second kappa shape index (κ2) is 8.40. The fourth-order valence-corrected chi connectivity index (χ4v) is 5.43. The van der Waals surface area contributed by atoms with E-state index in [4.69, 9.17) is 0 Å². The van der Waals surface area contributed by atoms with Crippen LogP contribution in [-0.2, 0) is 4.79 Å². The highest BCUT2D eigenvalue weighted by Crippen LogP contribution is 2.30. The third kappa shape index (κ3) is 4.04. The third-order valence-electron chi connectivity index (χ3n) is 6.08. The van der Waals surface area contributed by atoms with E-state index in [1.54, 1.807) is 11.3 Å². The second-order valence-corrected chi connectivity index (χ2v) is 8.49. The molecule has 2 aromatic rings. The van der Waals surface area contributed by atoms with Gasteiger partial charge in [-0.15, -0.1) is 0 Å². The molecule has 0 bridgehead atoms. The molecule has 4 nitrogen and oxygen atoms in total. The van der Waals surface area contributed by atoms with E-state index in [1.807, 2.05) is 12.1 Å². The van der Waals surface area contributed by atoms with Gasteiger partial charge in [0.1, 0.15) is 0 Å². The summed E-state index contributed by atoms with van der Waals surface area (Å²) in [6.07, 6.45) is 11.1. The summed E-state index contributed by atoms with van der Waals surface area (Å²) < 4.78 is 2.14. The van der Waals surface area contributed by atoms with Crippen LogP contribution in [0.3, 0.4) is 0 Å². The van der Waals surface area contributed by atoms with E-state index in [1.165, 1.54) is 50.8 Å². The van der Waals surface area contributed by atoms with Gasteiger partial charge in [0.05, 0.1) is 12.5 Å². The lowest BCUT2D eigenvalue weighted by atomic mass is 9.83. The van der Waals surface area contributed by atoms with Crippen LogP contribution in [-0.4, -0.2) is 41.1 Å². The smallest absolute Gasteiger partial charge is 0.222 e. The van der Waals surface area contributed by atoms with E-state index >= 15 is 0 Å². The Balaban J connectivity index is 1.35. The van der Waals surface area contributed by atoms with E-state index in [2.05, 4.69) is 44.0 Å². The molecule has 4 heterocycles. The van der Waals surface area contributed by atoms with Crippen LogP contribution < -0.4 is 5.32 Å². The largest absolute Gasteiger partial charge is 0.356 e. The van der Waals surface area contributed by atoms with Crippen LogP contribution in [0.15, 0.2) is 41.4 Å². The number of fused-ring (bicyclic) bond motifs is 1. The quantitative estimate of drug-likeness (QED) is 0.836. The Morgan fingerprint density at radius 1 is 1.19 bits per heavy atom. The Morgan fingerprint density at radius 3 is 2.85 bits per heavy atom.